The maximum absolute atomic E-state index is 5.96. The van der Waals surface area contributed by atoms with E-state index in [1.54, 1.807) is 0 Å². The van der Waals surface area contributed by atoms with Crippen molar-refractivity contribution in [2.45, 2.75) is 18.8 Å². The molecule has 1 aromatic heterocycles. The maximum Gasteiger partial charge on any atom is 0.224 e. The van der Waals surface area contributed by atoms with Gasteiger partial charge in [-0.15, -0.1) is 0 Å². The molecule has 0 unspecified atom stereocenters. The van der Waals surface area contributed by atoms with Crippen molar-refractivity contribution in [2.75, 3.05) is 0 Å². The number of hydrogen-bond acceptors (Lipinski definition) is 2. The molecule has 1 heterocycles. The molecule has 4 heteroatoms. The van der Waals surface area contributed by atoms with Crippen LogP contribution in [-0.4, -0.2) is 9.97 Å². The number of fused-ring (bicyclic) bond motifs is 3. The first kappa shape index (κ1) is 7.10. The molecule has 1 saturated carbocycles. The summed E-state index contributed by atoms with van der Waals surface area (Å²) in [6.45, 7) is 0. The molecule has 0 aliphatic heterocycles. The van der Waals surface area contributed by atoms with E-state index in [1.807, 2.05) is 0 Å². The van der Waals surface area contributed by atoms with Crippen molar-refractivity contribution < 1.29 is 0 Å². The second-order valence-corrected chi connectivity index (χ2v) is 4.15. The van der Waals surface area contributed by atoms with Gasteiger partial charge >= 0.3 is 0 Å². The number of hydrogen-bond donors (Lipinski definition) is 0. The van der Waals surface area contributed by atoms with Crippen LogP contribution in [0.15, 0.2) is 0 Å². The Kier molecular flexibility index (Phi) is 1.25. The molecular formula is C8H6Cl2N2. The summed E-state index contributed by atoms with van der Waals surface area (Å²) in [5.41, 5.74) is 2.23. The fraction of sp³-hybridized carbons (Fsp3) is 0.500. The summed E-state index contributed by atoms with van der Waals surface area (Å²) in [4.78, 5) is 8.11. The summed E-state index contributed by atoms with van der Waals surface area (Å²) in [5.74, 6) is 1.43. The molecule has 2 nitrogen and oxygen atoms in total. The SMILES string of the molecule is Clc1nc(Cl)c2c(n1)C[C@@H]1C[C@H]21. The zero-order valence-electron chi connectivity index (χ0n) is 6.22. The number of halogens is 2. The second-order valence-electron chi connectivity index (χ2n) is 3.45. The van der Waals surface area contributed by atoms with Gasteiger partial charge in [-0.3, -0.25) is 0 Å². The van der Waals surface area contributed by atoms with Crippen molar-refractivity contribution in [3.8, 4) is 0 Å². The molecule has 62 valence electrons. The van der Waals surface area contributed by atoms with E-state index in [4.69, 9.17) is 23.2 Å². The summed E-state index contributed by atoms with van der Waals surface area (Å²) >= 11 is 11.6. The average Bonchev–Trinajstić information content (AvgIpc) is 2.60. The standard InChI is InChI=1S/C8H6Cl2N2/c9-7-6-4-1-3(4)2-5(6)11-8(10)12-7/h3-4H,1-2H2/t3-,4-/m0/s1. The molecule has 3 rings (SSSR count). The Labute approximate surface area is 79.9 Å². The van der Waals surface area contributed by atoms with Gasteiger partial charge in [0, 0.05) is 5.56 Å². The van der Waals surface area contributed by atoms with Crippen LogP contribution in [-0.2, 0) is 6.42 Å². The molecule has 2 atom stereocenters. The third-order valence-corrected chi connectivity index (χ3v) is 3.16. The van der Waals surface area contributed by atoms with Gasteiger partial charge in [-0.1, -0.05) is 11.6 Å². The summed E-state index contributed by atoms with van der Waals surface area (Å²) in [5, 5.41) is 0.843. The Morgan fingerprint density at radius 3 is 2.92 bits per heavy atom. The summed E-state index contributed by atoms with van der Waals surface area (Å²) in [7, 11) is 0. The zero-order chi connectivity index (χ0) is 8.29. The summed E-state index contributed by atoms with van der Waals surface area (Å²) in [6, 6.07) is 0. The molecule has 2 aliphatic carbocycles. The molecule has 1 fully saturated rings. The van der Waals surface area contributed by atoms with Gasteiger partial charge in [-0.05, 0) is 36.3 Å². The predicted molar refractivity (Wildman–Crippen MR) is 46.6 cm³/mol. The van der Waals surface area contributed by atoms with E-state index in [-0.39, 0.29) is 5.28 Å². The Morgan fingerprint density at radius 1 is 1.25 bits per heavy atom. The van der Waals surface area contributed by atoms with Crippen LogP contribution < -0.4 is 0 Å². The van der Waals surface area contributed by atoms with Crippen LogP contribution >= 0.6 is 23.2 Å². The first-order chi connectivity index (χ1) is 5.75. The van der Waals surface area contributed by atoms with E-state index in [0.29, 0.717) is 11.1 Å². The third kappa shape index (κ3) is 0.824. The van der Waals surface area contributed by atoms with E-state index in [2.05, 4.69) is 9.97 Å². The summed E-state index contributed by atoms with van der Waals surface area (Å²) in [6.07, 6.45) is 2.31. The smallest absolute Gasteiger partial charge is 0.223 e. The van der Waals surface area contributed by atoms with Gasteiger partial charge in [-0.25, -0.2) is 9.97 Å². The van der Waals surface area contributed by atoms with Crippen molar-refractivity contribution in [1.29, 1.82) is 0 Å². The predicted octanol–water partition coefficient (Wildman–Crippen LogP) is 2.44. The van der Waals surface area contributed by atoms with E-state index in [1.165, 1.54) is 6.42 Å². The van der Waals surface area contributed by atoms with Gasteiger partial charge in [0.25, 0.3) is 0 Å². The molecule has 0 radical (unpaired) electrons. The van der Waals surface area contributed by atoms with Crippen LogP contribution in [0.25, 0.3) is 0 Å². The van der Waals surface area contributed by atoms with Crippen molar-refractivity contribution in [2.24, 2.45) is 5.92 Å². The molecule has 1 aromatic rings. The van der Waals surface area contributed by atoms with E-state index in [9.17, 15) is 0 Å². The lowest BCUT2D eigenvalue weighted by Crippen LogP contribution is -1.96. The Bertz CT molecular complexity index is 364. The fourth-order valence-corrected chi connectivity index (χ4v) is 2.61. The lowest BCUT2D eigenvalue weighted by molar-refractivity contribution is 0.834. The minimum absolute atomic E-state index is 0.278. The molecule has 0 spiro atoms. The van der Waals surface area contributed by atoms with Crippen molar-refractivity contribution >= 4 is 23.2 Å². The molecule has 2 aliphatic rings. The highest BCUT2D eigenvalue weighted by Crippen LogP contribution is 2.57. The quantitative estimate of drug-likeness (QED) is 0.475. The van der Waals surface area contributed by atoms with Crippen molar-refractivity contribution in [3.05, 3.63) is 21.7 Å². The monoisotopic (exact) mass is 200 g/mol. The van der Waals surface area contributed by atoms with Crippen LogP contribution in [0.2, 0.25) is 10.4 Å². The van der Waals surface area contributed by atoms with E-state index >= 15 is 0 Å². The number of rotatable bonds is 0. The van der Waals surface area contributed by atoms with Gasteiger partial charge in [0.05, 0.1) is 5.69 Å². The van der Waals surface area contributed by atoms with Gasteiger partial charge in [0.15, 0.2) is 0 Å². The first-order valence-electron chi connectivity index (χ1n) is 3.97. The van der Waals surface area contributed by atoms with Crippen LogP contribution in [0.1, 0.15) is 23.6 Å². The molecule has 0 amide bonds. The molecule has 12 heavy (non-hydrogen) atoms. The van der Waals surface area contributed by atoms with Gasteiger partial charge in [0.2, 0.25) is 5.28 Å². The number of nitrogens with zero attached hydrogens (tertiary/aromatic N) is 2. The molecule has 0 aromatic carbocycles. The Hall–Kier alpha value is -0.340. The van der Waals surface area contributed by atoms with E-state index < -0.39 is 0 Å². The minimum Gasteiger partial charge on any atom is -0.223 e. The highest BCUT2D eigenvalue weighted by atomic mass is 35.5. The number of aromatic nitrogens is 2. The lowest BCUT2D eigenvalue weighted by Gasteiger charge is -2.02. The Balaban J connectivity index is 2.24. The van der Waals surface area contributed by atoms with Crippen molar-refractivity contribution in [1.82, 2.24) is 9.97 Å². The molecule has 0 N–H and O–H groups in total. The molecule has 0 saturated heterocycles. The highest BCUT2D eigenvalue weighted by Gasteiger charge is 2.47. The normalized spacial score (nSPS) is 29.8. The molecular weight excluding hydrogens is 195 g/mol. The van der Waals surface area contributed by atoms with Crippen LogP contribution in [0.3, 0.4) is 0 Å². The highest BCUT2D eigenvalue weighted by molar-refractivity contribution is 6.32. The van der Waals surface area contributed by atoms with Gasteiger partial charge in [-0.2, -0.15) is 0 Å². The second kappa shape index (κ2) is 2.12. The topological polar surface area (TPSA) is 25.8 Å². The van der Waals surface area contributed by atoms with Crippen LogP contribution in [0.5, 0.6) is 0 Å². The Morgan fingerprint density at radius 2 is 2.08 bits per heavy atom. The van der Waals surface area contributed by atoms with Crippen molar-refractivity contribution in [3.63, 3.8) is 0 Å². The fourth-order valence-electron chi connectivity index (χ4n) is 2.05. The zero-order valence-corrected chi connectivity index (χ0v) is 7.73. The lowest BCUT2D eigenvalue weighted by atomic mass is 10.2. The van der Waals surface area contributed by atoms with E-state index in [0.717, 1.165) is 23.6 Å². The van der Waals surface area contributed by atoms with Gasteiger partial charge < -0.3 is 0 Å². The van der Waals surface area contributed by atoms with Crippen LogP contribution in [0, 0.1) is 5.92 Å². The van der Waals surface area contributed by atoms with Crippen LogP contribution in [0.4, 0.5) is 0 Å². The largest absolute Gasteiger partial charge is 0.224 e. The third-order valence-electron chi connectivity index (χ3n) is 2.70. The first-order valence-corrected chi connectivity index (χ1v) is 4.73. The van der Waals surface area contributed by atoms with Gasteiger partial charge in [0.1, 0.15) is 5.15 Å². The summed E-state index contributed by atoms with van der Waals surface area (Å²) < 4.78 is 0. The minimum atomic E-state index is 0.278. The maximum atomic E-state index is 5.96. The average molecular weight is 201 g/mol. The molecule has 0 bridgehead atoms.